The van der Waals surface area contributed by atoms with Crippen molar-refractivity contribution in [3.8, 4) is 0 Å². The smallest absolute Gasteiger partial charge is 0.243 e. The predicted octanol–water partition coefficient (Wildman–Crippen LogP) is 1.84. The number of rotatable bonds is 2. The lowest BCUT2D eigenvalue weighted by atomic mass is 10.1. The Hall–Kier alpha value is -1.79. The second kappa shape index (κ2) is 5.20. The number of aromatic nitrogens is 2. The van der Waals surface area contributed by atoms with Crippen LogP contribution in [-0.2, 0) is 23.0 Å². The molecule has 0 aliphatic carbocycles. The summed E-state index contributed by atoms with van der Waals surface area (Å²) < 4.78 is 27.1. The third-order valence-electron chi connectivity index (χ3n) is 3.77. The predicted molar refractivity (Wildman–Crippen MR) is 79.2 cm³/mol. The number of nitrogens with zero attached hydrogens (tertiary/aromatic N) is 3. The normalized spacial score (nSPS) is 15.7. The Kier molecular flexibility index (Phi) is 3.51. The molecule has 0 radical (unpaired) electrons. The zero-order valence-corrected chi connectivity index (χ0v) is 12.9. The molecular weight excluding hydrogens is 286 g/mol. The molecule has 21 heavy (non-hydrogen) atoms. The van der Waals surface area contributed by atoms with Gasteiger partial charge >= 0.3 is 0 Å². The molecule has 2 aromatic rings. The molecule has 0 amide bonds. The van der Waals surface area contributed by atoms with E-state index < -0.39 is 10.0 Å². The Balaban J connectivity index is 1.97. The standard InChI is InChI=1S/C15H17N3O2S/c1-11-3-4-15(12(2)7-11)21(19,20)18-6-5-14-13(9-18)8-16-10-17-14/h3-4,7-8,10H,5-6,9H2,1-2H3. The first-order valence-electron chi connectivity index (χ1n) is 6.83. The van der Waals surface area contributed by atoms with E-state index in [-0.39, 0.29) is 0 Å². The highest BCUT2D eigenvalue weighted by Gasteiger charge is 2.29. The summed E-state index contributed by atoms with van der Waals surface area (Å²) in [5.74, 6) is 0. The average molecular weight is 303 g/mol. The number of aryl methyl sites for hydroxylation is 2. The number of hydrogen-bond donors (Lipinski definition) is 0. The van der Waals surface area contributed by atoms with Gasteiger partial charge in [0.25, 0.3) is 0 Å². The van der Waals surface area contributed by atoms with Crippen molar-refractivity contribution < 1.29 is 8.42 Å². The Morgan fingerprint density at radius 3 is 2.81 bits per heavy atom. The van der Waals surface area contributed by atoms with E-state index >= 15 is 0 Å². The van der Waals surface area contributed by atoms with E-state index in [0.717, 1.165) is 22.4 Å². The molecule has 5 nitrogen and oxygen atoms in total. The topological polar surface area (TPSA) is 63.2 Å². The van der Waals surface area contributed by atoms with Crippen LogP contribution in [0, 0.1) is 13.8 Å². The average Bonchev–Trinajstić information content (AvgIpc) is 2.46. The van der Waals surface area contributed by atoms with Crippen LogP contribution in [0.2, 0.25) is 0 Å². The van der Waals surface area contributed by atoms with E-state index in [2.05, 4.69) is 9.97 Å². The molecule has 0 fully saturated rings. The molecular formula is C15H17N3O2S. The number of hydrogen-bond acceptors (Lipinski definition) is 4. The third-order valence-corrected chi connectivity index (χ3v) is 5.78. The van der Waals surface area contributed by atoms with Gasteiger partial charge in [-0.1, -0.05) is 17.7 Å². The Morgan fingerprint density at radius 2 is 2.05 bits per heavy atom. The van der Waals surface area contributed by atoms with Crippen LogP contribution in [0.15, 0.2) is 35.6 Å². The highest BCUT2D eigenvalue weighted by molar-refractivity contribution is 7.89. The quantitative estimate of drug-likeness (QED) is 0.849. The molecule has 1 aliphatic rings. The Morgan fingerprint density at radius 1 is 1.24 bits per heavy atom. The van der Waals surface area contributed by atoms with Gasteiger partial charge in [-0.3, -0.25) is 0 Å². The van der Waals surface area contributed by atoms with Crippen molar-refractivity contribution in [1.29, 1.82) is 0 Å². The van der Waals surface area contributed by atoms with Gasteiger partial charge in [0.05, 0.1) is 4.90 Å². The first-order valence-corrected chi connectivity index (χ1v) is 8.27. The lowest BCUT2D eigenvalue weighted by Gasteiger charge is -2.27. The largest absolute Gasteiger partial charge is 0.244 e. The molecule has 2 heterocycles. The Bertz CT molecular complexity index is 787. The van der Waals surface area contributed by atoms with E-state index in [4.69, 9.17) is 0 Å². The molecule has 0 bridgehead atoms. The molecule has 0 atom stereocenters. The molecule has 1 aliphatic heterocycles. The number of benzene rings is 1. The molecule has 0 unspecified atom stereocenters. The second-order valence-electron chi connectivity index (χ2n) is 5.35. The fourth-order valence-corrected chi connectivity index (χ4v) is 4.30. The maximum Gasteiger partial charge on any atom is 0.243 e. The van der Waals surface area contributed by atoms with Crippen molar-refractivity contribution in [2.75, 3.05) is 6.54 Å². The zero-order chi connectivity index (χ0) is 15.0. The molecule has 0 N–H and O–H groups in total. The second-order valence-corrected chi connectivity index (χ2v) is 7.26. The van der Waals surface area contributed by atoms with Crippen LogP contribution in [0.4, 0.5) is 0 Å². The van der Waals surface area contributed by atoms with Gasteiger partial charge in [0.1, 0.15) is 6.33 Å². The third kappa shape index (κ3) is 2.56. The number of fused-ring (bicyclic) bond motifs is 1. The molecule has 110 valence electrons. The van der Waals surface area contributed by atoms with Crippen LogP contribution >= 0.6 is 0 Å². The van der Waals surface area contributed by atoms with E-state index in [1.165, 1.54) is 10.6 Å². The van der Waals surface area contributed by atoms with Gasteiger partial charge in [-0.15, -0.1) is 0 Å². The van der Waals surface area contributed by atoms with Crippen LogP contribution in [0.5, 0.6) is 0 Å². The summed E-state index contributed by atoms with van der Waals surface area (Å²) in [6, 6.07) is 5.42. The summed E-state index contributed by atoms with van der Waals surface area (Å²) in [5.41, 5.74) is 3.67. The van der Waals surface area contributed by atoms with E-state index in [1.54, 1.807) is 12.3 Å². The molecule has 6 heteroatoms. The van der Waals surface area contributed by atoms with Gasteiger partial charge < -0.3 is 0 Å². The van der Waals surface area contributed by atoms with Crippen molar-refractivity contribution >= 4 is 10.0 Å². The van der Waals surface area contributed by atoms with Crippen molar-refractivity contribution in [2.24, 2.45) is 0 Å². The molecule has 0 spiro atoms. The van der Waals surface area contributed by atoms with Crippen LogP contribution in [-0.4, -0.2) is 29.2 Å². The minimum Gasteiger partial charge on any atom is -0.244 e. The summed E-state index contributed by atoms with van der Waals surface area (Å²) >= 11 is 0. The van der Waals surface area contributed by atoms with Crippen LogP contribution in [0.1, 0.15) is 22.4 Å². The van der Waals surface area contributed by atoms with E-state index in [9.17, 15) is 8.42 Å². The van der Waals surface area contributed by atoms with Crippen LogP contribution < -0.4 is 0 Å². The summed E-state index contributed by atoms with van der Waals surface area (Å²) in [6.07, 6.45) is 3.83. The van der Waals surface area contributed by atoms with Crippen molar-refractivity contribution in [2.45, 2.75) is 31.7 Å². The van der Waals surface area contributed by atoms with Gasteiger partial charge in [0, 0.05) is 37.0 Å². The maximum atomic E-state index is 12.8. The van der Waals surface area contributed by atoms with Gasteiger partial charge in [-0.2, -0.15) is 4.31 Å². The lowest BCUT2D eigenvalue weighted by Crippen LogP contribution is -2.36. The monoisotopic (exact) mass is 303 g/mol. The first kappa shape index (κ1) is 14.2. The minimum atomic E-state index is -3.47. The summed E-state index contributed by atoms with van der Waals surface area (Å²) in [4.78, 5) is 8.57. The van der Waals surface area contributed by atoms with E-state index in [0.29, 0.717) is 24.4 Å². The SMILES string of the molecule is Cc1ccc(S(=O)(=O)N2CCc3ncncc3C2)c(C)c1. The molecule has 1 aromatic carbocycles. The van der Waals surface area contributed by atoms with Gasteiger partial charge in [-0.05, 0) is 25.5 Å². The molecule has 0 saturated heterocycles. The highest BCUT2D eigenvalue weighted by Crippen LogP contribution is 2.25. The first-order chi connectivity index (χ1) is 9.98. The van der Waals surface area contributed by atoms with Crippen molar-refractivity contribution in [3.05, 3.63) is 53.1 Å². The molecule has 0 saturated carbocycles. The fraction of sp³-hybridized carbons (Fsp3) is 0.333. The summed E-state index contributed by atoms with van der Waals surface area (Å²) in [6.45, 7) is 4.59. The fourth-order valence-electron chi connectivity index (χ4n) is 2.67. The lowest BCUT2D eigenvalue weighted by molar-refractivity contribution is 0.386. The zero-order valence-electron chi connectivity index (χ0n) is 12.1. The summed E-state index contributed by atoms with van der Waals surface area (Å²) in [7, 11) is -3.47. The van der Waals surface area contributed by atoms with E-state index in [1.807, 2.05) is 26.0 Å². The number of sulfonamides is 1. The van der Waals surface area contributed by atoms with Crippen LogP contribution in [0.25, 0.3) is 0 Å². The van der Waals surface area contributed by atoms with Crippen molar-refractivity contribution in [1.82, 2.24) is 14.3 Å². The van der Waals surface area contributed by atoms with Gasteiger partial charge in [-0.25, -0.2) is 18.4 Å². The maximum absolute atomic E-state index is 12.8. The minimum absolute atomic E-state index is 0.339. The Labute approximate surface area is 124 Å². The van der Waals surface area contributed by atoms with Gasteiger partial charge in [0.2, 0.25) is 10.0 Å². The van der Waals surface area contributed by atoms with Crippen molar-refractivity contribution in [3.63, 3.8) is 0 Å². The molecule has 3 rings (SSSR count). The highest BCUT2D eigenvalue weighted by atomic mass is 32.2. The molecule has 1 aromatic heterocycles. The van der Waals surface area contributed by atoms with Gasteiger partial charge in [0.15, 0.2) is 0 Å². The van der Waals surface area contributed by atoms with Crippen LogP contribution in [0.3, 0.4) is 0 Å². The summed E-state index contributed by atoms with van der Waals surface area (Å²) in [5, 5.41) is 0.